The molecular weight excluding hydrogens is 821 g/mol. The number of carbonyl (C=O) groups is 2. The molecule has 9 atom stereocenters. The molecule has 61 heavy (non-hydrogen) atoms. The number of halogens is 4. The Morgan fingerprint density at radius 3 is 2.44 bits per heavy atom. The second-order valence-electron chi connectivity index (χ2n) is 18.8. The van der Waals surface area contributed by atoms with E-state index in [1.807, 2.05) is 48.7 Å². The van der Waals surface area contributed by atoms with Crippen molar-refractivity contribution in [2.24, 2.45) is 33.5 Å². The third-order valence-electron chi connectivity index (χ3n) is 15.9. The molecule has 0 radical (unpaired) electrons. The summed E-state index contributed by atoms with van der Waals surface area (Å²) in [4.78, 5) is 32.4. The van der Waals surface area contributed by atoms with E-state index in [0.29, 0.717) is 57.1 Å². The lowest BCUT2D eigenvalue weighted by atomic mass is 9.32. The third-order valence-corrected chi connectivity index (χ3v) is 17.2. The minimum Gasteiger partial charge on any atom is -0.453 e. The van der Waals surface area contributed by atoms with Gasteiger partial charge < -0.3 is 24.8 Å². The fraction of sp³-hybridized carbons (Fsp3) is 0.469. The highest BCUT2D eigenvalue weighted by molar-refractivity contribution is 7.09. The van der Waals surface area contributed by atoms with Crippen molar-refractivity contribution in [2.45, 2.75) is 96.1 Å². The Bertz CT molecular complexity index is 2400. The number of furan rings is 1. The molecule has 2 aromatic carbocycles. The molecule has 7 nitrogen and oxygen atoms in total. The van der Waals surface area contributed by atoms with E-state index in [1.165, 1.54) is 18.2 Å². The van der Waals surface area contributed by atoms with Gasteiger partial charge in [0.05, 0.1) is 34.9 Å². The summed E-state index contributed by atoms with van der Waals surface area (Å²) in [5.41, 5.74) is -3.05. The Hall–Kier alpha value is -4.16. The molecule has 3 fully saturated rings. The number of Topliss-reactive ketones (excluding diaryl/α,β-unsaturated/α-hetero) is 1. The Morgan fingerprint density at radius 2 is 1.70 bits per heavy atom. The quantitative estimate of drug-likeness (QED) is 0.109. The molecule has 322 valence electrons. The number of carbonyl (C=O) groups excluding carboxylic acids is 2. The van der Waals surface area contributed by atoms with E-state index in [0.717, 1.165) is 29.0 Å². The first-order valence-electron chi connectivity index (χ1n) is 21.4. The summed E-state index contributed by atoms with van der Waals surface area (Å²) in [6, 6.07) is 19.3. The molecule has 6 aliphatic carbocycles. The largest absolute Gasteiger partial charge is 0.453 e. The number of allylic oxidation sites excluding steroid dienone is 4. The minimum absolute atomic E-state index is 0.000767. The van der Waals surface area contributed by atoms with Crippen molar-refractivity contribution in [3.63, 3.8) is 0 Å². The van der Waals surface area contributed by atoms with Crippen molar-refractivity contribution >= 4 is 34.8 Å². The lowest BCUT2D eigenvalue weighted by molar-refractivity contribution is -0.174. The fourth-order valence-corrected chi connectivity index (χ4v) is 13.5. The number of rotatable bonds is 10. The number of hydrogen-bond donors (Lipinski definition) is 3. The lowest BCUT2D eigenvalue weighted by Crippen LogP contribution is -2.67. The van der Waals surface area contributed by atoms with Crippen molar-refractivity contribution in [1.29, 1.82) is 0 Å². The predicted molar refractivity (Wildman–Crippen MR) is 230 cm³/mol. The number of aliphatic hydroxyl groups excluding tert-OH is 1. The van der Waals surface area contributed by atoms with Gasteiger partial charge in [-0.1, -0.05) is 80.1 Å². The zero-order chi connectivity index (χ0) is 43.2. The summed E-state index contributed by atoms with van der Waals surface area (Å²) < 4.78 is 47.4. The molecule has 0 aliphatic heterocycles. The molecule has 9 unspecified atom stereocenters. The van der Waals surface area contributed by atoms with Crippen molar-refractivity contribution < 1.29 is 37.4 Å². The maximum absolute atomic E-state index is 15.2. The number of hydrogen-bond acceptors (Lipinski definition) is 6. The van der Waals surface area contributed by atoms with Gasteiger partial charge in [-0.3, -0.25) is 4.79 Å². The molecule has 2 amide bonds. The molecule has 2 aromatic heterocycles. The second-order valence-corrected chi connectivity index (χ2v) is 20.3. The monoisotopic (exact) mass is 872 g/mol. The summed E-state index contributed by atoms with van der Waals surface area (Å²) in [6.07, 6.45) is 6.30. The van der Waals surface area contributed by atoms with Gasteiger partial charge in [-0.15, -0.1) is 11.3 Å². The average Bonchev–Trinajstić information content (AvgIpc) is 4.00. The highest BCUT2D eigenvalue weighted by Gasteiger charge is 2.74. The lowest BCUT2D eigenvalue weighted by Gasteiger charge is -2.71. The van der Waals surface area contributed by atoms with Crippen LogP contribution in [0.2, 0.25) is 5.02 Å². The second kappa shape index (κ2) is 15.0. The maximum atomic E-state index is 15.2. The van der Waals surface area contributed by atoms with Crippen LogP contribution in [-0.4, -0.2) is 51.7 Å². The SMILES string of the molecule is CC(NC(=O)N(CCc1cccs1)CC1(O)CCC2C34C=CC5(C=C3C(=O)c3ccc(-c6cc(C(F)(F)F)ccc6Cl)o3)CC(O)CCC5(C)C4CCC21C)c1ccccc1. The molecule has 12 heteroatoms. The minimum atomic E-state index is -4.60. The number of amides is 2. The third kappa shape index (κ3) is 6.66. The average molecular weight is 873 g/mol. The van der Waals surface area contributed by atoms with Crippen LogP contribution < -0.4 is 5.32 Å². The standard InChI is InChI=1S/C49H52ClF3N2O5S/c1-30(31-8-5-4-6-9-31)54-43(58)55(24-18-34-10-7-25-61-34)29-47(59)21-17-41-45(47,3)20-16-40-44(2)19-15-33(56)27-46(44)22-23-48(40,41)36(28-46)42(57)39-14-13-38(60-39)35-26-32(49(51,52)53)11-12-37(35)50/h4-14,22-23,25-26,28,30,33,40-41,56,59H,15-21,24,27,29H2,1-3H3,(H,54,58). The summed E-state index contributed by atoms with van der Waals surface area (Å²) in [7, 11) is 0. The van der Waals surface area contributed by atoms with Gasteiger partial charge >= 0.3 is 12.2 Å². The molecule has 6 aliphatic rings. The van der Waals surface area contributed by atoms with E-state index in [-0.39, 0.29) is 63.8 Å². The Morgan fingerprint density at radius 1 is 0.967 bits per heavy atom. The molecule has 0 saturated heterocycles. The first kappa shape index (κ1) is 42.2. The number of urea groups is 1. The van der Waals surface area contributed by atoms with E-state index < -0.39 is 39.7 Å². The van der Waals surface area contributed by atoms with Gasteiger partial charge in [0.25, 0.3) is 0 Å². The van der Waals surface area contributed by atoms with Crippen molar-refractivity contribution in [3.8, 4) is 11.3 Å². The summed E-state index contributed by atoms with van der Waals surface area (Å²) in [5, 5.41) is 29.6. The van der Waals surface area contributed by atoms with Gasteiger partial charge in [-0.05, 0) is 123 Å². The number of nitrogens with one attached hydrogen (secondary N) is 1. The van der Waals surface area contributed by atoms with E-state index >= 15 is 4.79 Å². The van der Waals surface area contributed by atoms with E-state index in [9.17, 15) is 28.2 Å². The first-order valence-corrected chi connectivity index (χ1v) is 22.7. The smallest absolute Gasteiger partial charge is 0.416 e. The number of benzene rings is 2. The summed E-state index contributed by atoms with van der Waals surface area (Å²) in [5.74, 6) is -0.526. The Kier molecular flexibility index (Phi) is 10.4. The zero-order valence-electron chi connectivity index (χ0n) is 34.6. The van der Waals surface area contributed by atoms with Gasteiger partial charge in [0.2, 0.25) is 5.78 Å². The number of nitrogens with zero attached hydrogens (tertiary/aromatic N) is 1. The fourth-order valence-electron chi connectivity index (χ4n) is 12.6. The van der Waals surface area contributed by atoms with Gasteiger partial charge in [-0.2, -0.15) is 13.2 Å². The van der Waals surface area contributed by atoms with Gasteiger partial charge in [-0.25, -0.2) is 4.79 Å². The number of fused-ring (bicyclic) bond motifs is 1. The molecular formula is C49H52ClF3N2O5S. The number of thiophene rings is 1. The van der Waals surface area contributed by atoms with Gasteiger partial charge in [0, 0.05) is 38.8 Å². The van der Waals surface area contributed by atoms with Crippen molar-refractivity contribution in [1.82, 2.24) is 10.2 Å². The molecule has 2 bridgehead atoms. The van der Waals surface area contributed by atoms with E-state index in [2.05, 4.69) is 43.5 Å². The summed E-state index contributed by atoms with van der Waals surface area (Å²) in [6.45, 7) is 6.92. The molecule has 2 heterocycles. The van der Waals surface area contributed by atoms with E-state index in [1.54, 1.807) is 16.2 Å². The van der Waals surface area contributed by atoms with Crippen LogP contribution in [0.15, 0.2) is 106 Å². The number of aliphatic hydroxyl groups is 2. The number of ketones is 1. The number of alkyl halides is 3. The van der Waals surface area contributed by atoms with Gasteiger partial charge in [0.15, 0.2) is 5.76 Å². The first-order chi connectivity index (χ1) is 28.9. The Balaban J connectivity index is 1.08. The van der Waals surface area contributed by atoms with Gasteiger partial charge in [0.1, 0.15) is 5.76 Å². The highest BCUT2D eigenvalue weighted by Crippen LogP contribution is 2.78. The van der Waals surface area contributed by atoms with Crippen LogP contribution in [0.25, 0.3) is 11.3 Å². The van der Waals surface area contributed by atoms with Crippen LogP contribution in [-0.2, 0) is 12.6 Å². The molecule has 3 N–H and O–H groups in total. The molecule has 2 spiro atoms. The van der Waals surface area contributed by atoms with Crippen molar-refractivity contribution in [3.05, 3.63) is 129 Å². The normalized spacial score (nSPS) is 33.0. The molecule has 4 aromatic rings. The zero-order valence-corrected chi connectivity index (χ0v) is 36.2. The summed E-state index contributed by atoms with van der Waals surface area (Å²) >= 11 is 8.05. The molecule has 3 saturated carbocycles. The topological polar surface area (TPSA) is 103 Å². The van der Waals surface area contributed by atoms with Crippen molar-refractivity contribution in [2.75, 3.05) is 13.1 Å². The molecule has 10 rings (SSSR count). The highest BCUT2D eigenvalue weighted by atomic mass is 35.5. The van der Waals surface area contributed by atoms with Crippen LogP contribution in [0.5, 0.6) is 0 Å². The Labute approximate surface area is 363 Å². The van der Waals surface area contributed by atoms with Crippen LogP contribution in [0, 0.1) is 33.5 Å². The predicted octanol–water partition coefficient (Wildman–Crippen LogP) is 11.5. The van der Waals surface area contributed by atoms with Crippen LogP contribution >= 0.6 is 22.9 Å². The van der Waals surface area contributed by atoms with E-state index in [4.69, 9.17) is 16.0 Å². The van der Waals surface area contributed by atoms with Crippen LogP contribution in [0.4, 0.5) is 18.0 Å². The van der Waals surface area contributed by atoms with Crippen LogP contribution in [0.1, 0.15) is 98.3 Å². The van der Waals surface area contributed by atoms with Crippen LogP contribution in [0.3, 0.4) is 0 Å². The maximum Gasteiger partial charge on any atom is 0.416 e.